The Labute approximate surface area is 97.7 Å². The number of nitrogens with one attached hydrogen (secondary N) is 2. The van der Waals surface area contributed by atoms with Gasteiger partial charge in [0.25, 0.3) is 0 Å². The molecule has 3 nitrogen and oxygen atoms in total. The minimum Gasteiger partial charge on any atom is -0.353 e. The molecule has 1 aliphatic carbocycles. The smallest absolute Gasteiger partial charge is 0.223 e. The number of allylic oxidation sites excluding steroid dienone is 2. The van der Waals surface area contributed by atoms with Gasteiger partial charge >= 0.3 is 0 Å². The lowest BCUT2D eigenvalue weighted by Crippen LogP contribution is -2.39. The summed E-state index contributed by atoms with van der Waals surface area (Å²) in [6.07, 6.45) is 10.7. The Morgan fingerprint density at radius 3 is 2.94 bits per heavy atom. The van der Waals surface area contributed by atoms with Crippen LogP contribution in [0.5, 0.6) is 0 Å². The largest absolute Gasteiger partial charge is 0.353 e. The first-order valence-corrected chi connectivity index (χ1v) is 6.52. The molecule has 2 N–H and O–H groups in total. The van der Waals surface area contributed by atoms with Crippen LogP contribution in [-0.4, -0.2) is 25.0 Å². The lowest BCUT2D eigenvalue weighted by Gasteiger charge is -2.22. The summed E-state index contributed by atoms with van der Waals surface area (Å²) >= 11 is 0. The molecule has 0 radical (unpaired) electrons. The Hall–Kier alpha value is -0.830. The molecule has 2 rings (SSSR count). The first kappa shape index (κ1) is 11.6. The van der Waals surface area contributed by atoms with E-state index >= 15 is 0 Å². The van der Waals surface area contributed by atoms with Crippen LogP contribution in [0.3, 0.4) is 0 Å². The van der Waals surface area contributed by atoms with Crippen LogP contribution in [0.2, 0.25) is 0 Å². The van der Waals surface area contributed by atoms with E-state index < -0.39 is 0 Å². The Morgan fingerprint density at radius 1 is 1.19 bits per heavy atom. The second kappa shape index (κ2) is 6.04. The number of amides is 1. The van der Waals surface area contributed by atoms with E-state index in [4.69, 9.17) is 0 Å². The zero-order chi connectivity index (χ0) is 11.2. The van der Waals surface area contributed by atoms with E-state index in [0.29, 0.717) is 6.04 Å². The molecule has 1 amide bonds. The molecular weight excluding hydrogens is 200 g/mol. The molecular formula is C13H22N2O. The highest BCUT2D eigenvalue weighted by atomic mass is 16.1. The van der Waals surface area contributed by atoms with Crippen molar-refractivity contribution in [1.82, 2.24) is 10.6 Å². The zero-order valence-corrected chi connectivity index (χ0v) is 9.87. The number of hydrogen-bond donors (Lipinski definition) is 2. The minimum absolute atomic E-state index is 0.223. The van der Waals surface area contributed by atoms with Crippen LogP contribution in [0.4, 0.5) is 0 Å². The monoisotopic (exact) mass is 222 g/mol. The topological polar surface area (TPSA) is 41.1 Å². The number of carbonyl (C=O) groups excluding carboxylic acids is 1. The molecule has 1 aliphatic heterocycles. The molecule has 1 saturated heterocycles. The Morgan fingerprint density at radius 2 is 2.12 bits per heavy atom. The lowest BCUT2D eigenvalue weighted by atomic mass is 9.93. The predicted octanol–water partition coefficient (Wildman–Crippen LogP) is 1.60. The van der Waals surface area contributed by atoms with Crippen LogP contribution >= 0.6 is 0 Å². The van der Waals surface area contributed by atoms with Gasteiger partial charge in [0, 0.05) is 12.0 Å². The molecule has 0 aromatic heterocycles. The maximum Gasteiger partial charge on any atom is 0.223 e. The van der Waals surface area contributed by atoms with Gasteiger partial charge in [0.2, 0.25) is 5.91 Å². The van der Waals surface area contributed by atoms with Gasteiger partial charge in [-0.1, -0.05) is 12.2 Å². The van der Waals surface area contributed by atoms with E-state index in [-0.39, 0.29) is 11.8 Å². The summed E-state index contributed by atoms with van der Waals surface area (Å²) in [7, 11) is 0. The van der Waals surface area contributed by atoms with Gasteiger partial charge in [0.05, 0.1) is 0 Å². The summed E-state index contributed by atoms with van der Waals surface area (Å²) < 4.78 is 0. The number of hydrogen-bond acceptors (Lipinski definition) is 2. The number of rotatable bonds is 2. The van der Waals surface area contributed by atoms with E-state index in [9.17, 15) is 4.79 Å². The Kier molecular flexibility index (Phi) is 4.40. The van der Waals surface area contributed by atoms with E-state index in [1.807, 2.05) is 0 Å². The third kappa shape index (κ3) is 3.34. The van der Waals surface area contributed by atoms with Crippen molar-refractivity contribution in [2.24, 2.45) is 5.92 Å². The highest BCUT2D eigenvalue weighted by molar-refractivity contribution is 5.79. The van der Waals surface area contributed by atoms with Crippen LogP contribution in [0.25, 0.3) is 0 Å². The average Bonchev–Trinajstić information content (AvgIpc) is 2.59. The summed E-state index contributed by atoms with van der Waals surface area (Å²) in [5.74, 6) is 0.498. The first-order chi connectivity index (χ1) is 7.86. The number of carbonyl (C=O) groups is 1. The van der Waals surface area contributed by atoms with Crippen molar-refractivity contribution >= 4 is 5.91 Å². The van der Waals surface area contributed by atoms with Gasteiger partial charge in [-0.2, -0.15) is 0 Å². The molecule has 2 atom stereocenters. The van der Waals surface area contributed by atoms with Crippen molar-refractivity contribution in [2.45, 2.75) is 44.6 Å². The molecule has 0 spiro atoms. The molecule has 0 aromatic rings. The Balaban J connectivity index is 1.78. The molecule has 16 heavy (non-hydrogen) atoms. The molecule has 90 valence electrons. The summed E-state index contributed by atoms with van der Waals surface area (Å²) in [5, 5.41) is 6.58. The summed E-state index contributed by atoms with van der Waals surface area (Å²) in [4.78, 5) is 12.0. The summed E-state index contributed by atoms with van der Waals surface area (Å²) in [5.41, 5.74) is 0. The zero-order valence-electron chi connectivity index (χ0n) is 9.87. The third-order valence-corrected chi connectivity index (χ3v) is 3.56. The molecule has 0 bridgehead atoms. The van der Waals surface area contributed by atoms with Crippen LogP contribution in [0.1, 0.15) is 38.5 Å². The van der Waals surface area contributed by atoms with Crippen molar-refractivity contribution in [3.63, 3.8) is 0 Å². The average molecular weight is 222 g/mol. The first-order valence-electron chi connectivity index (χ1n) is 6.52. The fourth-order valence-corrected chi connectivity index (χ4v) is 2.51. The van der Waals surface area contributed by atoms with Crippen molar-refractivity contribution < 1.29 is 4.79 Å². The molecule has 3 heteroatoms. The molecule has 0 aromatic carbocycles. The van der Waals surface area contributed by atoms with Gasteiger partial charge in [0.1, 0.15) is 0 Å². The quantitative estimate of drug-likeness (QED) is 0.697. The highest BCUT2D eigenvalue weighted by Crippen LogP contribution is 2.18. The molecule has 1 fully saturated rings. The fraction of sp³-hybridized carbons (Fsp3) is 0.769. The van der Waals surface area contributed by atoms with Crippen LogP contribution in [0.15, 0.2) is 12.2 Å². The normalized spacial score (nSPS) is 30.8. The minimum atomic E-state index is 0.223. The van der Waals surface area contributed by atoms with Gasteiger partial charge < -0.3 is 10.6 Å². The van der Waals surface area contributed by atoms with Crippen molar-refractivity contribution in [1.29, 1.82) is 0 Å². The predicted molar refractivity (Wildman–Crippen MR) is 65.1 cm³/mol. The van der Waals surface area contributed by atoms with Gasteiger partial charge in [-0.25, -0.2) is 0 Å². The second-order valence-electron chi connectivity index (χ2n) is 4.87. The van der Waals surface area contributed by atoms with E-state index in [1.165, 1.54) is 6.42 Å². The molecule has 2 unspecified atom stereocenters. The highest BCUT2D eigenvalue weighted by Gasteiger charge is 2.21. The van der Waals surface area contributed by atoms with Crippen molar-refractivity contribution in [3.05, 3.63) is 12.2 Å². The molecule has 0 saturated carbocycles. The summed E-state index contributed by atoms with van der Waals surface area (Å²) in [6, 6.07) is 0.397. The van der Waals surface area contributed by atoms with E-state index in [0.717, 1.165) is 45.2 Å². The fourth-order valence-electron chi connectivity index (χ4n) is 2.51. The van der Waals surface area contributed by atoms with E-state index in [1.54, 1.807) is 0 Å². The van der Waals surface area contributed by atoms with E-state index in [2.05, 4.69) is 22.8 Å². The second-order valence-corrected chi connectivity index (χ2v) is 4.87. The van der Waals surface area contributed by atoms with Gasteiger partial charge in [-0.05, 0) is 51.6 Å². The van der Waals surface area contributed by atoms with Gasteiger partial charge in [-0.15, -0.1) is 0 Å². The van der Waals surface area contributed by atoms with Crippen LogP contribution in [0, 0.1) is 5.92 Å². The molecule has 2 aliphatic rings. The standard InChI is InChI=1S/C13H22N2O/c16-13(11-5-2-1-3-6-11)15-12-7-4-9-14-10-8-12/h1-2,11-12,14H,3-10H2,(H,15,16). The van der Waals surface area contributed by atoms with Crippen molar-refractivity contribution in [3.8, 4) is 0 Å². The Bertz CT molecular complexity index is 255. The maximum atomic E-state index is 12.0. The summed E-state index contributed by atoms with van der Waals surface area (Å²) in [6.45, 7) is 2.13. The van der Waals surface area contributed by atoms with Crippen LogP contribution in [-0.2, 0) is 4.79 Å². The van der Waals surface area contributed by atoms with Gasteiger partial charge in [0.15, 0.2) is 0 Å². The SMILES string of the molecule is O=C(NC1CCCNCC1)C1CC=CCC1. The maximum absolute atomic E-state index is 12.0. The van der Waals surface area contributed by atoms with Crippen molar-refractivity contribution in [2.75, 3.05) is 13.1 Å². The lowest BCUT2D eigenvalue weighted by molar-refractivity contribution is -0.126. The van der Waals surface area contributed by atoms with Crippen LogP contribution < -0.4 is 10.6 Å². The molecule has 1 heterocycles. The van der Waals surface area contributed by atoms with Gasteiger partial charge in [-0.3, -0.25) is 4.79 Å². The third-order valence-electron chi connectivity index (χ3n) is 3.56.